The maximum absolute atomic E-state index is 12.9. The number of nitrogens with zero attached hydrogens (tertiary/aromatic N) is 2. The molecule has 8 nitrogen and oxygen atoms in total. The van der Waals surface area contributed by atoms with E-state index in [1.807, 2.05) is 6.92 Å². The summed E-state index contributed by atoms with van der Waals surface area (Å²) in [7, 11) is 1.57. The third-order valence-electron chi connectivity index (χ3n) is 4.61. The summed E-state index contributed by atoms with van der Waals surface area (Å²) in [5, 5.41) is 7.71. The molecular formula is C21H26N4O4S. The van der Waals surface area contributed by atoms with Crippen LogP contribution >= 0.6 is 11.3 Å². The van der Waals surface area contributed by atoms with Gasteiger partial charge >= 0.3 is 0 Å². The van der Waals surface area contributed by atoms with Gasteiger partial charge in [-0.05, 0) is 43.5 Å². The van der Waals surface area contributed by atoms with Crippen LogP contribution in [0.2, 0.25) is 0 Å². The Morgan fingerprint density at radius 3 is 2.57 bits per heavy atom. The average Bonchev–Trinajstić information content (AvgIpc) is 3.50. The Balaban J connectivity index is 1.57. The molecule has 3 amide bonds. The van der Waals surface area contributed by atoms with Gasteiger partial charge in [0.1, 0.15) is 12.3 Å². The van der Waals surface area contributed by atoms with Crippen LogP contribution in [0.3, 0.4) is 0 Å². The summed E-state index contributed by atoms with van der Waals surface area (Å²) in [6.45, 7) is 2.58. The molecule has 1 aliphatic rings. The lowest BCUT2D eigenvalue weighted by Gasteiger charge is -2.21. The molecule has 160 valence electrons. The maximum Gasteiger partial charge on any atom is 0.254 e. The Morgan fingerprint density at radius 1 is 1.20 bits per heavy atom. The topological polar surface area (TPSA) is 101 Å². The van der Waals surface area contributed by atoms with Crippen LogP contribution in [0.4, 0.5) is 5.13 Å². The van der Waals surface area contributed by atoms with Gasteiger partial charge in [-0.3, -0.25) is 14.4 Å². The van der Waals surface area contributed by atoms with Crippen LogP contribution in [0.15, 0.2) is 29.6 Å². The molecule has 2 N–H and O–H groups in total. The number of anilines is 1. The van der Waals surface area contributed by atoms with Gasteiger partial charge in [-0.15, -0.1) is 11.3 Å². The lowest BCUT2D eigenvalue weighted by Crippen LogP contribution is -2.39. The molecule has 30 heavy (non-hydrogen) atoms. The summed E-state index contributed by atoms with van der Waals surface area (Å²) >= 11 is 1.26. The number of rotatable bonds is 10. The fourth-order valence-electron chi connectivity index (χ4n) is 2.90. The number of hydrogen-bond donors (Lipinski definition) is 2. The quantitative estimate of drug-likeness (QED) is 0.603. The minimum Gasteiger partial charge on any atom is -0.497 e. The zero-order chi connectivity index (χ0) is 21.5. The lowest BCUT2D eigenvalue weighted by molar-refractivity contribution is -0.120. The SMILES string of the molecule is CCCNC(=O)Cc1csc(NC(=O)CN(C(=O)c2ccc(OC)cc2)C2CC2)n1. The van der Waals surface area contributed by atoms with Crippen molar-refractivity contribution in [2.45, 2.75) is 38.6 Å². The van der Waals surface area contributed by atoms with Crippen molar-refractivity contribution in [1.29, 1.82) is 0 Å². The minimum absolute atomic E-state index is 0.0402. The van der Waals surface area contributed by atoms with E-state index in [1.54, 1.807) is 41.7 Å². The van der Waals surface area contributed by atoms with Gasteiger partial charge in [0, 0.05) is 23.5 Å². The van der Waals surface area contributed by atoms with Crippen LogP contribution in [0.1, 0.15) is 42.2 Å². The molecule has 0 spiro atoms. The smallest absolute Gasteiger partial charge is 0.254 e. The monoisotopic (exact) mass is 430 g/mol. The van der Waals surface area contributed by atoms with Gasteiger partial charge in [0.2, 0.25) is 11.8 Å². The van der Waals surface area contributed by atoms with Gasteiger partial charge < -0.3 is 20.3 Å². The third kappa shape index (κ3) is 6.03. The molecule has 0 radical (unpaired) electrons. The molecule has 0 unspecified atom stereocenters. The third-order valence-corrected chi connectivity index (χ3v) is 5.42. The molecule has 1 fully saturated rings. The maximum atomic E-state index is 12.9. The highest BCUT2D eigenvalue weighted by molar-refractivity contribution is 7.13. The van der Waals surface area contributed by atoms with Crippen LogP contribution in [-0.2, 0) is 16.0 Å². The number of nitrogens with one attached hydrogen (secondary N) is 2. The number of ether oxygens (including phenoxy) is 1. The van der Waals surface area contributed by atoms with E-state index < -0.39 is 0 Å². The summed E-state index contributed by atoms with van der Waals surface area (Å²) in [5.74, 6) is 0.0954. The van der Waals surface area contributed by atoms with Crippen molar-refractivity contribution in [2.75, 3.05) is 25.5 Å². The number of carbonyl (C=O) groups excluding carboxylic acids is 3. The number of amides is 3. The summed E-state index contributed by atoms with van der Waals surface area (Å²) in [4.78, 5) is 43.1. The first-order valence-corrected chi connectivity index (χ1v) is 10.8. The first-order valence-electron chi connectivity index (χ1n) is 9.96. The normalized spacial score (nSPS) is 12.9. The van der Waals surface area contributed by atoms with Crippen molar-refractivity contribution in [3.05, 3.63) is 40.9 Å². The lowest BCUT2D eigenvalue weighted by atomic mass is 10.2. The van der Waals surface area contributed by atoms with Crippen molar-refractivity contribution >= 4 is 34.2 Å². The first kappa shape index (κ1) is 21.8. The average molecular weight is 431 g/mol. The molecule has 0 aliphatic heterocycles. The second kappa shape index (κ2) is 10.2. The largest absolute Gasteiger partial charge is 0.497 e. The number of methoxy groups -OCH3 is 1. The van der Waals surface area contributed by atoms with E-state index in [0.717, 1.165) is 19.3 Å². The highest BCUT2D eigenvalue weighted by atomic mass is 32.1. The number of aromatic nitrogens is 1. The summed E-state index contributed by atoms with van der Waals surface area (Å²) in [5.41, 5.74) is 1.13. The molecule has 2 aromatic rings. The number of thiazole rings is 1. The van der Waals surface area contributed by atoms with E-state index in [4.69, 9.17) is 4.74 Å². The highest BCUT2D eigenvalue weighted by Gasteiger charge is 2.34. The van der Waals surface area contributed by atoms with Crippen LogP contribution in [0.25, 0.3) is 0 Å². The van der Waals surface area contributed by atoms with E-state index in [9.17, 15) is 14.4 Å². The van der Waals surface area contributed by atoms with Gasteiger partial charge in [-0.2, -0.15) is 0 Å². The number of hydrogen-bond acceptors (Lipinski definition) is 6. The molecule has 0 atom stereocenters. The number of benzene rings is 1. The molecule has 3 rings (SSSR count). The fraction of sp³-hybridized carbons (Fsp3) is 0.429. The first-order chi connectivity index (χ1) is 14.5. The highest BCUT2D eigenvalue weighted by Crippen LogP contribution is 2.28. The Morgan fingerprint density at radius 2 is 1.93 bits per heavy atom. The van der Waals surface area contributed by atoms with Crippen molar-refractivity contribution < 1.29 is 19.1 Å². The second-order valence-electron chi connectivity index (χ2n) is 7.11. The van der Waals surface area contributed by atoms with Crippen LogP contribution in [0.5, 0.6) is 5.75 Å². The van der Waals surface area contributed by atoms with Crippen molar-refractivity contribution in [1.82, 2.24) is 15.2 Å². The van der Waals surface area contributed by atoms with E-state index in [-0.39, 0.29) is 36.7 Å². The van der Waals surface area contributed by atoms with Crippen molar-refractivity contribution in [3.8, 4) is 5.75 Å². The minimum atomic E-state index is -0.305. The fourth-order valence-corrected chi connectivity index (χ4v) is 3.63. The van der Waals surface area contributed by atoms with Crippen LogP contribution in [-0.4, -0.2) is 53.8 Å². The number of carbonyl (C=O) groups is 3. The Bertz CT molecular complexity index is 893. The predicted octanol–water partition coefficient (Wildman–Crippen LogP) is 2.46. The Hall–Kier alpha value is -2.94. The zero-order valence-corrected chi connectivity index (χ0v) is 18.0. The molecule has 0 saturated heterocycles. The second-order valence-corrected chi connectivity index (χ2v) is 7.97. The summed E-state index contributed by atoms with van der Waals surface area (Å²) in [6.07, 6.45) is 2.83. The molecule has 0 bridgehead atoms. The summed E-state index contributed by atoms with van der Waals surface area (Å²) < 4.78 is 5.13. The Kier molecular flexibility index (Phi) is 7.40. The molecule has 1 saturated carbocycles. The zero-order valence-electron chi connectivity index (χ0n) is 17.1. The van der Waals surface area contributed by atoms with Crippen LogP contribution < -0.4 is 15.4 Å². The van der Waals surface area contributed by atoms with Crippen LogP contribution in [0, 0.1) is 0 Å². The molecule has 9 heteroatoms. The molecule has 1 aliphatic carbocycles. The van der Waals surface area contributed by atoms with Gasteiger partial charge in [0.15, 0.2) is 5.13 Å². The van der Waals surface area contributed by atoms with Gasteiger partial charge in [0.05, 0.1) is 19.2 Å². The molecule has 1 aromatic carbocycles. The Labute approximate surface area is 179 Å². The standard InChI is InChI=1S/C21H26N4O4S/c1-3-10-22-18(26)11-15-13-30-21(23-15)24-19(27)12-25(16-6-7-16)20(28)14-4-8-17(29-2)9-5-14/h4-5,8-9,13,16H,3,6-7,10-12H2,1-2H3,(H,22,26)(H,23,24,27). The van der Waals surface area contributed by atoms with Gasteiger partial charge in [0.25, 0.3) is 5.91 Å². The van der Waals surface area contributed by atoms with Crippen molar-refractivity contribution in [3.63, 3.8) is 0 Å². The van der Waals surface area contributed by atoms with Gasteiger partial charge in [-0.1, -0.05) is 6.92 Å². The molecule has 1 aromatic heterocycles. The van der Waals surface area contributed by atoms with E-state index in [0.29, 0.717) is 28.7 Å². The molecular weight excluding hydrogens is 404 g/mol. The predicted molar refractivity (Wildman–Crippen MR) is 115 cm³/mol. The summed E-state index contributed by atoms with van der Waals surface area (Å²) in [6, 6.07) is 6.94. The van der Waals surface area contributed by atoms with Gasteiger partial charge in [-0.25, -0.2) is 4.98 Å². The van der Waals surface area contributed by atoms with E-state index in [2.05, 4.69) is 15.6 Å². The van der Waals surface area contributed by atoms with E-state index in [1.165, 1.54) is 11.3 Å². The van der Waals surface area contributed by atoms with Crippen molar-refractivity contribution in [2.24, 2.45) is 0 Å². The van der Waals surface area contributed by atoms with E-state index >= 15 is 0 Å². The molecule has 1 heterocycles.